The van der Waals surface area contributed by atoms with Gasteiger partial charge >= 0.3 is 0 Å². The molecule has 0 unspecified atom stereocenters. The topological polar surface area (TPSA) is 71.2 Å². The van der Waals surface area contributed by atoms with Crippen LogP contribution in [0, 0.1) is 6.92 Å². The van der Waals surface area contributed by atoms with Crippen LogP contribution in [0.4, 0.5) is 0 Å². The molecule has 0 bridgehead atoms. The maximum Gasteiger partial charge on any atom is 0.246 e. The molecule has 1 N–H and O–H groups in total. The number of hydrogen-bond acceptors (Lipinski definition) is 5. The van der Waals surface area contributed by atoms with Gasteiger partial charge in [0.1, 0.15) is 0 Å². The lowest BCUT2D eigenvalue weighted by atomic mass is 10.1. The first-order valence-corrected chi connectivity index (χ1v) is 10.3. The zero-order chi connectivity index (χ0) is 20.5. The van der Waals surface area contributed by atoms with Crippen LogP contribution in [0.5, 0.6) is 0 Å². The number of para-hydroxylation sites is 1. The summed E-state index contributed by atoms with van der Waals surface area (Å²) in [5, 5.41) is 16.0. The van der Waals surface area contributed by atoms with E-state index in [4.69, 9.17) is 21.7 Å². The molecule has 0 saturated heterocycles. The molecule has 4 aromatic rings. The maximum atomic E-state index is 11.8. The Morgan fingerprint density at radius 3 is 2.69 bits per heavy atom. The summed E-state index contributed by atoms with van der Waals surface area (Å²) in [7, 11) is 1.32. The molecule has 148 valence electrons. The van der Waals surface area contributed by atoms with E-state index >= 15 is 0 Å². The average molecular weight is 427 g/mol. The fraction of sp³-hybridized carbons (Fsp3) is 0.190. The Bertz CT molecular complexity index is 1180. The highest BCUT2D eigenvalue weighted by Crippen LogP contribution is 2.31. The Hall–Kier alpha value is -2.74. The first-order valence-electron chi connectivity index (χ1n) is 9.09. The fourth-order valence-corrected chi connectivity index (χ4v) is 4.22. The Morgan fingerprint density at radius 1 is 1.24 bits per heavy atom. The van der Waals surface area contributed by atoms with Crippen LogP contribution in [0.3, 0.4) is 0 Å². The van der Waals surface area contributed by atoms with Crippen molar-refractivity contribution in [3.63, 3.8) is 0 Å². The number of hydrogen-bond donors (Lipinski definition) is 1. The third-order valence-electron chi connectivity index (χ3n) is 4.65. The highest BCUT2D eigenvalue weighted by molar-refractivity contribution is 7.20. The Morgan fingerprint density at radius 2 is 2.00 bits per heavy atom. The fourth-order valence-electron chi connectivity index (χ4n) is 3.09. The number of carbonyl (C=O) groups excluding carboxylic acids is 1. The number of carbonyl (C=O) groups is 1. The molecular weight excluding hydrogens is 408 g/mol. The molecule has 0 atom stereocenters. The van der Waals surface area contributed by atoms with Gasteiger partial charge in [-0.2, -0.15) is 5.10 Å². The molecule has 2 aromatic heterocycles. The van der Waals surface area contributed by atoms with E-state index in [1.165, 1.54) is 7.05 Å². The molecule has 0 saturated carbocycles. The van der Waals surface area contributed by atoms with Crippen molar-refractivity contribution >= 4 is 39.1 Å². The van der Waals surface area contributed by atoms with Gasteiger partial charge in [0.05, 0.1) is 21.6 Å². The first-order chi connectivity index (χ1) is 13.9. The number of fused-ring (bicyclic) bond motifs is 1. The summed E-state index contributed by atoms with van der Waals surface area (Å²) in [5.41, 5.74) is 4.65. The predicted octanol–water partition coefficient (Wildman–Crippen LogP) is 4.89. The lowest BCUT2D eigenvalue weighted by molar-refractivity contribution is -0.159. The molecule has 29 heavy (non-hydrogen) atoms. The second-order valence-corrected chi connectivity index (χ2v) is 8.22. The van der Waals surface area contributed by atoms with Crippen molar-refractivity contribution in [2.24, 2.45) is 0 Å². The number of aryl methyl sites for hydroxylation is 2. The molecule has 0 radical (unpaired) electrons. The van der Waals surface area contributed by atoms with E-state index in [1.807, 2.05) is 60.1 Å². The summed E-state index contributed by atoms with van der Waals surface area (Å²) in [6.07, 6.45) is 0.588. The van der Waals surface area contributed by atoms with Crippen LogP contribution in [0.25, 0.3) is 26.6 Å². The number of nitrogens with zero attached hydrogens (tertiary/aromatic N) is 4. The van der Waals surface area contributed by atoms with Crippen LogP contribution in [0.15, 0.2) is 48.5 Å². The molecule has 1 amide bonds. The third kappa shape index (κ3) is 4.03. The van der Waals surface area contributed by atoms with Crippen molar-refractivity contribution in [2.75, 3.05) is 7.05 Å². The molecular formula is C21H19ClN4O2S. The molecule has 0 aliphatic carbocycles. The lowest BCUT2D eigenvalue weighted by Crippen LogP contribution is -2.22. The van der Waals surface area contributed by atoms with Crippen molar-refractivity contribution in [3.8, 4) is 16.4 Å². The second-order valence-electron chi connectivity index (χ2n) is 6.78. The monoisotopic (exact) mass is 426 g/mol. The van der Waals surface area contributed by atoms with E-state index in [9.17, 15) is 10.0 Å². The standard InChI is InChI=1S/C21H19ClN4O2S/c1-13-4-3-5-18-20(13)23-21(29-18)26-17(14-6-8-15(22)9-7-14)12-16(24-26)10-11-19(27)25(2)28/h3-9,12,28H,10-11H2,1-2H3. The number of rotatable bonds is 5. The highest BCUT2D eigenvalue weighted by Gasteiger charge is 2.17. The van der Waals surface area contributed by atoms with Gasteiger partial charge in [0.15, 0.2) is 0 Å². The molecule has 0 spiro atoms. The molecule has 0 aliphatic rings. The van der Waals surface area contributed by atoms with Crippen molar-refractivity contribution in [1.29, 1.82) is 0 Å². The van der Waals surface area contributed by atoms with Crippen LogP contribution in [0.1, 0.15) is 17.7 Å². The molecule has 2 aromatic carbocycles. The summed E-state index contributed by atoms with van der Waals surface area (Å²) < 4.78 is 2.91. The Labute approximate surface area is 176 Å². The number of amides is 1. The minimum atomic E-state index is -0.358. The predicted molar refractivity (Wildman–Crippen MR) is 115 cm³/mol. The average Bonchev–Trinajstić information content (AvgIpc) is 3.31. The summed E-state index contributed by atoms with van der Waals surface area (Å²) in [4.78, 5) is 16.6. The molecule has 2 heterocycles. The Kier molecular flexibility index (Phi) is 5.36. The van der Waals surface area contributed by atoms with Gasteiger partial charge < -0.3 is 0 Å². The van der Waals surface area contributed by atoms with E-state index in [2.05, 4.69) is 0 Å². The third-order valence-corrected chi connectivity index (χ3v) is 5.89. The number of halogens is 1. The van der Waals surface area contributed by atoms with Crippen molar-refractivity contribution < 1.29 is 10.0 Å². The van der Waals surface area contributed by atoms with Gasteiger partial charge in [-0.05, 0) is 36.8 Å². The second kappa shape index (κ2) is 7.94. The maximum absolute atomic E-state index is 11.8. The zero-order valence-electron chi connectivity index (χ0n) is 16.0. The van der Waals surface area contributed by atoms with Crippen LogP contribution < -0.4 is 0 Å². The van der Waals surface area contributed by atoms with Crippen molar-refractivity contribution in [2.45, 2.75) is 19.8 Å². The Balaban J connectivity index is 1.78. The van der Waals surface area contributed by atoms with Gasteiger partial charge in [0.25, 0.3) is 0 Å². The summed E-state index contributed by atoms with van der Waals surface area (Å²) in [6.45, 7) is 2.04. The van der Waals surface area contributed by atoms with E-state index in [0.717, 1.165) is 37.9 Å². The van der Waals surface area contributed by atoms with E-state index in [-0.39, 0.29) is 12.3 Å². The van der Waals surface area contributed by atoms with Crippen molar-refractivity contribution in [1.82, 2.24) is 19.8 Å². The van der Waals surface area contributed by atoms with Crippen LogP contribution in [-0.4, -0.2) is 38.0 Å². The number of aromatic nitrogens is 3. The lowest BCUT2D eigenvalue weighted by Gasteiger charge is -2.06. The van der Waals surface area contributed by atoms with Crippen LogP contribution >= 0.6 is 22.9 Å². The van der Waals surface area contributed by atoms with Crippen LogP contribution in [0.2, 0.25) is 5.02 Å². The van der Waals surface area contributed by atoms with E-state index in [0.29, 0.717) is 16.5 Å². The van der Waals surface area contributed by atoms with E-state index < -0.39 is 0 Å². The van der Waals surface area contributed by atoms with Crippen LogP contribution in [-0.2, 0) is 11.2 Å². The van der Waals surface area contributed by atoms with Gasteiger partial charge in [0, 0.05) is 30.5 Å². The van der Waals surface area contributed by atoms with Crippen molar-refractivity contribution in [3.05, 3.63) is 64.8 Å². The van der Waals surface area contributed by atoms with Gasteiger partial charge in [-0.15, -0.1) is 0 Å². The quantitative estimate of drug-likeness (QED) is 0.364. The largest absolute Gasteiger partial charge is 0.286 e. The first kappa shape index (κ1) is 19.6. The smallest absolute Gasteiger partial charge is 0.246 e. The highest BCUT2D eigenvalue weighted by atomic mass is 35.5. The summed E-state index contributed by atoms with van der Waals surface area (Å²) >= 11 is 7.61. The minimum Gasteiger partial charge on any atom is -0.286 e. The SMILES string of the molecule is Cc1cccc2sc(-n3nc(CCC(=O)N(C)O)cc3-c3ccc(Cl)cc3)nc12. The summed E-state index contributed by atoms with van der Waals surface area (Å²) in [6, 6.07) is 15.6. The van der Waals surface area contributed by atoms with E-state index in [1.54, 1.807) is 11.3 Å². The normalized spacial score (nSPS) is 11.2. The number of hydroxylamine groups is 2. The van der Waals surface area contributed by atoms with Gasteiger partial charge in [-0.25, -0.2) is 14.7 Å². The molecule has 4 rings (SSSR count). The van der Waals surface area contributed by atoms with Gasteiger partial charge in [-0.1, -0.05) is 47.2 Å². The molecule has 0 aliphatic heterocycles. The van der Waals surface area contributed by atoms with Gasteiger partial charge in [0.2, 0.25) is 11.0 Å². The summed E-state index contributed by atoms with van der Waals surface area (Å²) in [5.74, 6) is -0.358. The molecule has 8 heteroatoms. The number of thiazole rings is 1. The molecule has 6 nitrogen and oxygen atoms in total. The number of benzene rings is 2. The zero-order valence-corrected chi connectivity index (χ0v) is 17.5. The minimum absolute atomic E-state index is 0.170. The van der Waals surface area contributed by atoms with Gasteiger partial charge in [-0.3, -0.25) is 10.0 Å². The molecule has 0 fully saturated rings.